The van der Waals surface area contributed by atoms with Gasteiger partial charge in [0.1, 0.15) is 12.2 Å². The molecule has 6 nitrogen and oxygen atoms in total. The average Bonchev–Trinajstić information content (AvgIpc) is 3.24. The van der Waals surface area contributed by atoms with Crippen LogP contribution in [0.2, 0.25) is 15.1 Å². The highest BCUT2D eigenvalue weighted by atomic mass is 79.9. The molecule has 1 aromatic heterocycles. The molecular formula is C25H17Br2Cl3N2O4. The third-order valence-corrected chi connectivity index (χ3v) is 6.77. The van der Waals surface area contributed by atoms with Crippen molar-refractivity contribution in [1.82, 2.24) is 5.43 Å². The van der Waals surface area contributed by atoms with Crippen LogP contribution in [0.5, 0.6) is 11.5 Å². The van der Waals surface area contributed by atoms with Crippen LogP contribution in [0, 0.1) is 0 Å². The summed E-state index contributed by atoms with van der Waals surface area (Å²) in [5, 5.41) is 6.13. The Morgan fingerprint density at radius 2 is 1.86 bits per heavy atom. The Kier molecular flexibility index (Phi) is 8.85. The molecule has 0 unspecified atom stereocenters. The van der Waals surface area contributed by atoms with Crippen molar-refractivity contribution < 1.29 is 18.7 Å². The van der Waals surface area contributed by atoms with Crippen molar-refractivity contribution in [3.63, 3.8) is 0 Å². The first-order valence-electron chi connectivity index (χ1n) is 10.5. The van der Waals surface area contributed by atoms with Crippen LogP contribution >= 0.6 is 66.7 Å². The maximum atomic E-state index is 12.5. The molecule has 0 radical (unpaired) electrons. The number of benzene rings is 3. The van der Waals surface area contributed by atoms with E-state index in [0.29, 0.717) is 44.3 Å². The molecule has 1 heterocycles. The van der Waals surface area contributed by atoms with E-state index in [-0.39, 0.29) is 12.4 Å². The van der Waals surface area contributed by atoms with Crippen molar-refractivity contribution in [3.05, 3.63) is 89.4 Å². The van der Waals surface area contributed by atoms with Gasteiger partial charge in [-0.25, -0.2) is 5.43 Å². The minimum absolute atomic E-state index is 0.124. The van der Waals surface area contributed by atoms with E-state index in [1.165, 1.54) is 6.21 Å². The van der Waals surface area contributed by atoms with Gasteiger partial charge in [-0.15, -0.1) is 0 Å². The van der Waals surface area contributed by atoms with Crippen LogP contribution in [0.15, 0.2) is 67.0 Å². The topological polar surface area (TPSA) is 73.1 Å². The van der Waals surface area contributed by atoms with Gasteiger partial charge in [-0.2, -0.15) is 5.10 Å². The van der Waals surface area contributed by atoms with E-state index < -0.39 is 5.91 Å². The maximum absolute atomic E-state index is 12.5. The number of hydrogen-bond donors (Lipinski definition) is 1. The molecule has 0 aliphatic heterocycles. The number of furan rings is 1. The Balaban J connectivity index is 1.48. The molecule has 186 valence electrons. The van der Waals surface area contributed by atoms with Crippen LogP contribution < -0.4 is 14.9 Å². The molecule has 4 aromatic rings. The SMILES string of the molecule is CCOc1cc(/C=N\NC(=O)c2cc3cc(Br)cc(Br)c3o2)cc(Cl)c1OCc1ccc(Cl)cc1Cl. The fourth-order valence-electron chi connectivity index (χ4n) is 3.26. The highest BCUT2D eigenvalue weighted by Crippen LogP contribution is 2.37. The van der Waals surface area contributed by atoms with E-state index in [1.54, 1.807) is 36.4 Å². The molecule has 0 aliphatic carbocycles. The monoisotopic (exact) mass is 672 g/mol. The lowest BCUT2D eigenvalue weighted by Gasteiger charge is -2.15. The molecule has 0 aliphatic rings. The van der Waals surface area contributed by atoms with Crippen LogP contribution in [0.1, 0.15) is 28.6 Å². The van der Waals surface area contributed by atoms with Gasteiger partial charge in [0.25, 0.3) is 0 Å². The predicted molar refractivity (Wildman–Crippen MR) is 150 cm³/mol. The standard InChI is InChI=1S/C25H17Br2Cl3N2O4/c1-2-34-21-6-13(5-20(30)24(21)35-12-14-3-4-17(28)10-19(14)29)11-31-32-25(33)22-8-15-7-16(26)9-18(27)23(15)36-22/h3-11H,2,12H2,1H3,(H,32,33)/b31-11-. The molecule has 0 saturated carbocycles. The first kappa shape index (κ1) is 26.8. The molecular weight excluding hydrogens is 658 g/mol. The third kappa shape index (κ3) is 6.36. The fourth-order valence-corrected chi connectivity index (χ4v) is 5.34. The minimum atomic E-state index is -0.499. The predicted octanol–water partition coefficient (Wildman–Crippen LogP) is 8.66. The number of carbonyl (C=O) groups excluding carboxylic acids is 1. The van der Waals surface area contributed by atoms with Crippen molar-refractivity contribution in [2.45, 2.75) is 13.5 Å². The van der Waals surface area contributed by atoms with Gasteiger partial charge in [0.05, 0.1) is 22.3 Å². The van der Waals surface area contributed by atoms with Gasteiger partial charge in [-0.1, -0.05) is 56.8 Å². The smallest absolute Gasteiger partial charge is 0.307 e. The molecule has 0 atom stereocenters. The minimum Gasteiger partial charge on any atom is -0.490 e. The maximum Gasteiger partial charge on any atom is 0.307 e. The first-order valence-corrected chi connectivity index (χ1v) is 13.2. The number of hydrazone groups is 1. The number of nitrogens with one attached hydrogen (secondary N) is 1. The number of rotatable bonds is 8. The molecule has 4 rings (SSSR count). The van der Waals surface area contributed by atoms with Crippen LogP contribution in [-0.4, -0.2) is 18.7 Å². The summed E-state index contributed by atoms with van der Waals surface area (Å²) in [4.78, 5) is 12.5. The molecule has 0 bridgehead atoms. The number of hydrogen-bond acceptors (Lipinski definition) is 5. The summed E-state index contributed by atoms with van der Waals surface area (Å²) in [6.45, 7) is 2.41. The number of fused-ring (bicyclic) bond motifs is 1. The second-order valence-corrected chi connectivity index (χ2v) is 10.4. The molecule has 1 N–H and O–H groups in total. The van der Waals surface area contributed by atoms with Gasteiger partial charge < -0.3 is 13.9 Å². The van der Waals surface area contributed by atoms with E-state index in [0.717, 1.165) is 19.9 Å². The highest BCUT2D eigenvalue weighted by molar-refractivity contribution is 9.11. The highest BCUT2D eigenvalue weighted by Gasteiger charge is 2.16. The Morgan fingerprint density at radius 1 is 1.06 bits per heavy atom. The largest absolute Gasteiger partial charge is 0.490 e. The van der Waals surface area contributed by atoms with Gasteiger partial charge >= 0.3 is 5.91 Å². The van der Waals surface area contributed by atoms with E-state index in [2.05, 4.69) is 42.4 Å². The summed E-state index contributed by atoms with van der Waals surface area (Å²) in [6.07, 6.45) is 1.45. The number of ether oxygens (including phenoxy) is 2. The number of amides is 1. The zero-order valence-electron chi connectivity index (χ0n) is 18.6. The zero-order chi connectivity index (χ0) is 25.8. The normalized spacial score (nSPS) is 11.3. The summed E-state index contributed by atoms with van der Waals surface area (Å²) < 4.78 is 18.9. The Labute approximate surface area is 238 Å². The summed E-state index contributed by atoms with van der Waals surface area (Å²) in [5.41, 5.74) is 4.36. The summed E-state index contributed by atoms with van der Waals surface area (Å²) in [5.74, 6) is 0.417. The second-order valence-electron chi connectivity index (χ2n) is 7.40. The number of nitrogens with zero attached hydrogens (tertiary/aromatic N) is 1. The van der Waals surface area contributed by atoms with Gasteiger partial charge in [0.2, 0.25) is 0 Å². The third-order valence-electron chi connectivity index (χ3n) is 4.86. The Morgan fingerprint density at radius 3 is 2.61 bits per heavy atom. The molecule has 0 saturated heterocycles. The molecule has 36 heavy (non-hydrogen) atoms. The van der Waals surface area contributed by atoms with Gasteiger partial charge in [-0.05, 0) is 70.9 Å². The van der Waals surface area contributed by atoms with Crippen molar-refractivity contribution in [2.24, 2.45) is 5.10 Å². The zero-order valence-corrected chi connectivity index (χ0v) is 24.0. The lowest BCUT2D eigenvalue weighted by molar-refractivity contribution is 0.0929. The van der Waals surface area contributed by atoms with Gasteiger partial charge in [0, 0.05) is 25.5 Å². The lowest BCUT2D eigenvalue weighted by atomic mass is 10.2. The second kappa shape index (κ2) is 11.9. The van der Waals surface area contributed by atoms with E-state index in [9.17, 15) is 4.79 Å². The van der Waals surface area contributed by atoms with Crippen molar-refractivity contribution >= 4 is 89.8 Å². The molecule has 3 aromatic carbocycles. The molecule has 0 fully saturated rings. The fraction of sp³-hybridized carbons (Fsp3) is 0.120. The number of carbonyl (C=O) groups is 1. The first-order chi connectivity index (χ1) is 17.2. The van der Waals surface area contributed by atoms with E-state index in [4.69, 9.17) is 48.7 Å². The van der Waals surface area contributed by atoms with Crippen LogP contribution in [0.3, 0.4) is 0 Å². The number of halogens is 5. The Hall–Kier alpha value is -2.23. The van der Waals surface area contributed by atoms with Crippen LogP contribution in [0.4, 0.5) is 0 Å². The van der Waals surface area contributed by atoms with Crippen LogP contribution in [0.25, 0.3) is 11.0 Å². The quantitative estimate of drug-likeness (QED) is 0.150. The average molecular weight is 676 g/mol. The summed E-state index contributed by atoms with van der Waals surface area (Å²) >= 11 is 25.5. The van der Waals surface area contributed by atoms with Crippen molar-refractivity contribution in [1.29, 1.82) is 0 Å². The Bertz CT molecular complexity index is 1470. The van der Waals surface area contributed by atoms with Crippen molar-refractivity contribution in [2.75, 3.05) is 6.61 Å². The van der Waals surface area contributed by atoms with Crippen molar-refractivity contribution in [3.8, 4) is 11.5 Å². The van der Waals surface area contributed by atoms with Gasteiger partial charge in [-0.3, -0.25) is 4.79 Å². The van der Waals surface area contributed by atoms with E-state index >= 15 is 0 Å². The van der Waals surface area contributed by atoms with E-state index in [1.807, 2.05) is 19.1 Å². The van der Waals surface area contributed by atoms with Crippen LogP contribution in [-0.2, 0) is 6.61 Å². The molecule has 1 amide bonds. The molecule has 0 spiro atoms. The summed E-state index contributed by atoms with van der Waals surface area (Å²) in [6, 6.07) is 13.8. The van der Waals surface area contributed by atoms with Gasteiger partial charge in [0.15, 0.2) is 17.3 Å². The summed E-state index contributed by atoms with van der Waals surface area (Å²) in [7, 11) is 0. The lowest BCUT2D eigenvalue weighted by Crippen LogP contribution is -2.16. The molecule has 11 heteroatoms.